The van der Waals surface area contributed by atoms with Crippen molar-refractivity contribution >= 4 is 21.6 Å². The Kier molecular flexibility index (Phi) is 6.20. The van der Waals surface area contributed by atoms with Gasteiger partial charge in [0.25, 0.3) is 0 Å². The van der Waals surface area contributed by atoms with E-state index >= 15 is 0 Å². The molecule has 31 heavy (non-hydrogen) atoms. The highest BCUT2D eigenvalue weighted by molar-refractivity contribution is 7.89. The van der Waals surface area contributed by atoms with Crippen molar-refractivity contribution < 1.29 is 13.2 Å². The van der Waals surface area contributed by atoms with Crippen molar-refractivity contribution in [1.29, 1.82) is 0 Å². The molecule has 0 aliphatic carbocycles. The first-order valence-electron chi connectivity index (χ1n) is 10.4. The number of sulfonamides is 1. The van der Waals surface area contributed by atoms with Crippen molar-refractivity contribution in [3.63, 3.8) is 0 Å². The Morgan fingerprint density at radius 2 is 1.48 bits per heavy atom. The van der Waals surface area contributed by atoms with Gasteiger partial charge >= 0.3 is 0 Å². The number of rotatable bonds is 6. The number of anilines is 1. The van der Waals surface area contributed by atoms with Crippen LogP contribution in [0.3, 0.4) is 0 Å². The molecule has 0 atom stereocenters. The van der Waals surface area contributed by atoms with Crippen molar-refractivity contribution in [3.8, 4) is 0 Å². The molecule has 3 aromatic carbocycles. The normalized spacial score (nSPS) is 13.8. The molecule has 4 rings (SSSR count). The summed E-state index contributed by atoms with van der Waals surface area (Å²) in [7, 11) is -3.74. The van der Waals surface area contributed by atoms with Gasteiger partial charge < -0.3 is 4.90 Å². The van der Waals surface area contributed by atoms with Gasteiger partial charge in [-0.15, -0.1) is 0 Å². The Morgan fingerprint density at radius 1 is 0.903 bits per heavy atom. The van der Waals surface area contributed by atoms with Crippen LogP contribution in [0.4, 0.5) is 5.69 Å². The molecule has 0 saturated heterocycles. The SMILES string of the molecule is CC(=O)N1CCCc2cc(S(=O)(=O)N(Cc3ccccc3)Cc3ccccc3)ccc21. The highest BCUT2D eigenvalue weighted by Gasteiger charge is 2.28. The molecule has 160 valence electrons. The summed E-state index contributed by atoms with van der Waals surface area (Å²) in [6.07, 6.45) is 1.59. The van der Waals surface area contributed by atoms with Gasteiger partial charge in [0.1, 0.15) is 0 Å². The highest BCUT2D eigenvalue weighted by Crippen LogP contribution is 2.31. The Balaban J connectivity index is 1.70. The smallest absolute Gasteiger partial charge is 0.243 e. The molecule has 0 fully saturated rings. The average molecular weight is 435 g/mol. The predicted octanol–water partition coefficient (Wildman–Crippen LogP) is 4.38. The van der Waals surface area contributed by atoms with Gasteiger partial charge in [0.2, 0.25) is 15.9 Å². The summed E-state index contributed by atoms with van der Waals surface area (Å²) in [6, 6.07) is 24.4. The van der Waals surface area contributed by atoms with E-state index in [9.17, 15) is 13.2 Å². The molecule has 0 radical (unpaired) electrons. The number of nitrogens with zero attached hydrogens (tertiary/aromatic N) is 2. The number of aryl methyl sites for hydroxylation is 1. The third-order valence-corrected chi connectivity index (χ3v) is 7.38. The zero-order chi connectivity index (χ0) is 21.8. The van der Waals surface area contributed by atoms with E-state index in [0.29, 0.717) is 6.54 Å². The van der Waals surface area contributed by atoms with Gasteiger partial charge in [-0.3, -0.25) is 4.79 Å². The molecule has 1 aliphatic rings. The molecule has 3 aromatic rings. The van der Waals surface area contributed by atoms with Crippen LogP contribution in [-0.4, -0.2) is 25.2 Å². The van der Waals surface area contributed by atoms with E-state index in [1.807, 2.05) is 60.7 Å². The molecule has 0 unspecified atom stereocenters. The summed E-state index contributed by atoms with van der Waals surface area (Å²) >= 11 is 0. The van der Waals surface area contributed by atoms with Crippen LogP contribution in [0.25, 0.3) is 0 Å². The molecule has 1 aliphatic heterocycles. The van der Waals surface area contributed by atoms with Crippen LogP contribution in [0.1, 0.15) is 30.0 Å². The maximum atomic E-state index is 13.7. The fraction of sp³-hybridized carbons (Fsp3) is 0.240. The molecule has 0 aromatic heterocycles. The van der Waals surface area contributed by atoms with E-state index in [1.54, 1.807) is 30.0 Å². The van der Waals surface area contributed by atoms with E-state index < -0.39 is 10.0 Å². The summed E-state index contributed by atoms with van der Waals surface area (Å²) in [5.41, 5.74) is 3.59. The quantitative estimate of drug-likeness (QED) is 0.579. The largest absolute Gasteiger partial charge is 0.312 e. The average Bonchev–Trinajstić information content (AvgIpc) is 2.79. The van der Waals surface area contributed by atoms with Crippen LogP contribution >= 0.6 is 0 Å². The first-order chi connectivity index (χ1) is 14.9. The summed E-state index contributed by atoms with van der Waals surface area (Å²) in [6.45, 7) is 2.78. The van der Waals surface area contributed by atoms with Crippen LogP contribution in [0.5, 0.6) is 0 Å². The van der Waals surface area contributed by atoms with Crippen molar-refractivity contribution in [2.75, 3.05) is 11.4 Å². The van der Waals surface area contributed by atoms with Gasteiger partial charge in [-0.1, -0.05) is 60.7 Å². The summed E-state index contributed by atoms with van der Waals surface area (Å²) in [5.74, 6) is -0.0219. The highest BCUT2D eigenvalue weighted by atomic mass is 32.2. The second-order valence-corrected chi connectivity index (χ2v) is 9.75. The number of carbonyl (C=O) groups excluding carboxylic acids is 1. The van der Waals surface area contributed by atoms with Crippen molar-refractivity contribution in [2.24, 2.45) is 0 Å². The molecule has 1 amide bonds. The van der Waals surface area contributed by atoms with Crippen molar-refractivity contribution in [1.82, 2.24) is 4.31 Å². The molecule has 0 spiro atoms. The molecule has 1 heterocycles. The monoisotopic (exact) mass is 434 g/mol. The second-order valence-electron chi connectivity index (χ2n) is 7.81. The molecule has 0 saturated carbocycles. The van der Waals surface area contributed by atoms with Gasteiger partial charge in [0, 0.05) is 32.2 Å². The van der Waals surface area contributed by atoms with E-state index in [4.69, 9.17) is 0 Å². The Morgan fingerprint density at radius 3 is 2.03 bits per heavy atom. The molecular formula is C25H26N2O3S. The zero-order valence-electron chi connectivity index (χ0n) is 17.6. The number of hydrogen-bond acceptors (Lipinski definition) is 3. The van der Waals surface area contributed by atoms with Gasteiger partial charge in [0.15, 0.2) is 0 Å². The number of fused-ring (bicyclic) bond motifs is 1. The topological polar surface area (TPSA) is 57.7 Å². The second kappa shape index (κ2) is 9.04. The van der Waals surface area contributed by atoms with Crippen LogP contribution < -0.4 is 4.90 Å². The lowest BCUT2D eigenvalue weighted by atomic mass is 10.0. The summed E-state index contributed by atoms with van der Waals surface area (Å²) < 4.78 is 28.9. The number of amides is 1. The van der Waals surface area contributed by atoms with Gasteiger partial charge in [-0.2, -0.15) is 4.31 Å². The van der Waals surface area contributed by atoms with Gasteiger partial charge in [0.05, 0.1) is 4.90 Å². The van der Waals surface area contributed by atoms with Crippen LogP contribution in [0.15, 0.2) is 83.8 Å². The van der Waals surface area contributed by atoms with Crippen LogP contribution in [0.2, 0.25) is 0 Å². The van der Waals surface area contributed by atoms with Crippen LogP contribution in [0, 0.1) is 0 Å². The lowest BCUT2D eigenvalue weighted by Crippen LogP contribution is -2.34. The Bertz CT molecular complexity index is 1120. The third-order valence-electron chi connectivity index (χ3n) is 5.59. The van der Waals surface area contributed by atoms with E-state index in [-0.39, 0.29) is 23.9 Å². The standard InChI is InChI=1S/C25H26N2O3S/c1-20(28)27-16-8-13-23-17-24(14-15-25(23)27)31(29,30)26(18-21-9-4-2-5-10-21)19-22-11-6-3-7-12-22/h2-7,9-12,14-15,17H,8,13,16,18-19H2,1H3. The maximum absolute atomic E-state index is 13.7. The van der Waals surface area contributed by atoms with Gasteiger partial charge in [-0.05, 0) is 47.7 Å². The number of carbonyl (C=O) groups is 1. The van der Waals surface area contributed by atoms with Crippen molar-refractivity contribution in [3.05, 3.63) is 95.6 Å². The van der Waals surface area contributed by atoms with E-state index in [2.05, 4.69) is 0 Å². The number of benzene rings is 3. The molecule has 0 N–H and O–H groups in total. The first-order valence-corrected chi connectivity index (χ1v) is 11.9. The minimum Gasteiger partial charge on any atom is -0.312 e. The van der Waals surface area contributed by atoms with Crippen LogP contribution in [-0.2, 0) is 34.3 Å². The minimum atomic E-state index is -3.74. The molecule has 0 bridgehead atoms. The fourth-order valence-corrected chi connectivity index (χ4v) is 5.48. The first kappa shape index (κ1) is 21.3. The fourth-order valence-electron chi connectivity index (χ4n) is 4.01. The van der Waals surface area contributed by atoms with E-state index in [1.165, 1.54) is 4.31 Å². The zero-order valence-corrected chi connectivity index (χ0v) is 18.4. The third kappa shape index (κ3) is 4.70. The lowest BCUT2D eigenvalue weighted by molar-refractivity contribution is -0.116. The molecule has 5 nitrogen and oxygen atoms in total. The minimum absolute atomic E-state index is 0.0219. The van der Waals surface area contributed by atoms with Crippen molar-refractivity contribution in [2.45, 2.75) is 37.8 Å². The number of hydrogen-bond donors (Lipinski definition) is 0. The summed E-state index contributed by atoms with van der Waals surface area (Å²) in [5, 5.41) is 0. The van der Waals surface area contributed by atoms with E-state index in [0.717, 1.165) is 35.2 Å². The lowest BCUT2D eigenvalue weighted by Gasteiger charge is -2.29. The summed E-state index contributed by atoms with van der Waals surface area (Å²) in [4.78, 5) is 13.9. The van der Waals surface area contributed by atoms with Gasteiger partial charge in [-0.25, -0.2) is 8.42 Å². The Hall–Kier alpha value is -2.96. The maximum Gasteiger partial charge on any atom is 0.243 e. The predicted molar refractivity (Wildman–Crippen MR) is 122 cm³/mol. The Labute approximate surface area is 184 Å². The molecular weight excluding hydrogens is 408 g/mol. The molecule has 6 heteroatoms.